The number of aromatic nitrogens is 2. The van der Waals surface area contributed by atoms with Gasteiger partial charge in [-0.2, -0.15) is 18.2 Å². The van der Waals surface area contributed by atoms with E-state index < -0.39 is 11.9 Å². The summed E-state index contributed by atoms with van der Waals surface area (Å²) in [6.07, 6.45) is 0.732. The van der Waals surface area contributed by atoms with Crippen molar-refractivity contribution < 1.29 is 13.2 Å². The summed E-state index contributed by atoms with van der Waals surface area (Å²) in [4.78, 5) is 8.90. The molecule has 0 atom stereocenters. The molecule has 4 nitrogen and oxygen atoms in total. The van der Waals surface area contributed by atoms with Crippen LogP contribution < -0.4 is 10.6 Å². The first-order chi connectivity index (χ1) is 11.5. The Labute approximate surface area is 142 Å². The number of nitrogens with one attached hydrogen (secondary N) is 2. The maximum absolute atomic E-state index is 13.1. The van der Waals surface area contributed by atoms with Gasteiger partial charge in [0, 0.05) is 17.0 Å². The van der Waals surface area contributed by atoms with Gasteiger partial charge in [-0.05, 0) is 24.3 Å². The van der Waals surface area contributed by atoms with Crippen molar-refractivity contribution in [3.8, 4) is 0 Å². The third-order valence-corrected chi connectivity index (χ3v) is 4.86. The van der Waals surface area contributed by atoms with Crippen LogP contribution in [0.15, 0.2) is 23.6 Å². The van der Waals surface area contributed by atoms with Crippen molar-refractivity contribution in [2.24, 2.45) is 0 Å². The van der Waals surface area contributed by atoms with Crippen LogP contribution in [0.4, 0.5) is 24.9 Å². The molecule has 0 saturated heterocycles. The maximum Gasteiger partial charge on any atom is 0.433 e. The van der Waals surface area contributed by atoms with E-state index in [9.17, 15) is 13.2 Å². The Kier molecular flexibility index (Phi) is 5.23. The van der Waals surface area contributed by atoms with Crippen LogP contribution in [0.2, 0.25) is 0 Å². The van der Waals surface area contributed by atoms with E-state index in [0.29, 0.717) is 6.54 Å². The number of hydrogen-bond donors (Lipinski definition) is 2. The summed E-state index contributed by atoms with van der Waals surface area (Å²) in [5.74, 6) is 0.231. The molecule has 3 rings (SSSR count). The predicted molar refractivity (Wildman–Crippen MR) is 89.2 cm³/mol. The van der Waals surface area contributed by atoms with Crippen LogP contribution in [0.5, 0.6) is 0 Å². The molecule has 1 saturated carbocycles. The van der Waals surface area contributed by atoms with Crippen LogP contribution in [0.25, 0.3) is 0 Å². The highest BCUT2D eigenvalue weighted by Crippen LogP contribution is 2.30. The molecule has 0 spiro atoms. The highest BCUT2D eigenvalue weighted by Gasteiger charge is 2.34. The van der Waals surface area contributed by atoms with E-state index in [1.54, 1.807) is 11.3 Å². The van der Waals surface area contributed by atoms with Gasteiger partial charge in [0.2, 0.25) is 5.95 Å². The summed E-state index contributed by atoms with van der Waals surface area (Å²) in [6.45, 7) is 0.439. The molecule has 0 radical (unpaired) electrons. The summed E-state index contributed by atoms with van der Waals surface area (Å²) in [7, 11) is 0. The molecular weight excluding hydrogens is 337 g/mol. The van der Waals surface area contributed by atoms with E-state index in [2.05, 4.69) is 20.6 Å². The molecule has 1 aliphatic rings. The van der Waals surface area contributed by atoms with Crippen molar-refractivity contribution in [2.45, 2.75) is 50.9 Å². The molecule has 2 aromatic rings. The number of anilines is 2. The molecule has 24 heavy (non-hydrogen) atoms. The Morgan fingerprint density at radius 1 is 1.17 bits per heavy atom. The van der Waals surface area contributed by atoms with Gasteiger partial charge in [0.05, 0.1) is 6.54 Å². The number of thiophene rings is 1. The van der Waals surface area contributed by atoms with E-state index in [0.717, 1.165) is 36.6 Å². The molecule has 130 valence electrons. The van der Waals surface area contributed by atoms with Gasteiger partial charge >= 0.3 is 6.18 Å². The van der Waals surface area contributed by atoms with Gasteiger partial charge in [0.1, 0.15) is 5.82 Å². The van der Waals surface area contributed by atoms with Crippen molar-refractivity contribution in [1.29, 1.82) is 0 Å². The minimum Gasteiger partial charge on any atom is -0.365 e. The van der Waals surface area contributed by atoms with Gasteiger partial charge in [0.25, 0.3) is 0 Å². The number of rotatable bonds is 5. The van der Waals surface area contributed by atoms with E-state index in [4.69, 9.17) is 0 Å². The van der Waals surface area contributed by atoms with E-state index in [-0.39, 0.29) is 17.8 Å². The number of halogens is 3. The number of nitrogens with zero attached hydrogens (tertiary/aromatic N) is 2. The predicted octanol–water partition coefficient (Wildman–Crippen LogP) is 4.91. The highest BCUT2D eigenvalue weighted by molar-refractivity contribution is 7.09. The molecule has 0 aliphatic heterocycles. The quantitative estimate of drug-likeness (QED) is 0.799. The van der Waals surface area contributed by atoms with Gasteiger partial charge in [-0.25, -0.2) is 4.98 Å². The monoisotopic (exact) mass is 356 g/mol. The summed E-state index contributed by atoms with van der Waals surface area (Å²) >= 11 is 1.54. The van der Waals surface area contributed by atoms with E-state index in [1.165, 1.54) is 6.42 Å². The third kappa shape index (κ3) is 4.59. The Morgan fingerprint density at radius 2 is 1.96 bits per heavy atom. The second kappa shape index (κ2) is 7.38. The maximum atomic E-state index is 13.1. The summed E-state index contributed by atoms with van der Waals surface area (Å²) in [6, 6.07) is 4.93. The summed E-state index contributed by atoms with van der Waals surface area (Å²) in [5.41, 5.74) is -0.926. The zero-order valence-electron chi connectivity index (χ0n) is 13.1. The lowest BCUT2D eigenvalue weighted by molar-refractivity contribution is -0.141. The SMILES string of the molecule is FC(F)(F)c1cc(NCc2cccs2)nc(NC2CCCCC2)n1. The first-order valence-corrected chi connectivity index (χ1v) is 8.88. The van der Waals surface area contributed by atoms with Crippen LogP contribution in [0.1, 0.15) is 42.7 Å². The molecule has 1 aliphatic carbocycles. The Morgan fingerprint density at radius 3 is 2.62 bits per heavy atom. The second-order valence-electron chi connectivity index (χ2n) is 5.87. The highest BCUT2D eigenvalue weighted by atomic mass is 32.1. The fraction of sp³-hybridized carbons (Fsp3) is 0.500. The lowest BCUT2D eigenvalue weighted by Crippen LogP contribution is -2.24. The Hall–Kier alpha value is -1.83. The minimum atomic E-state index is -4.49. The minimum absolute atomic E-state index is 0.0467. The second-order valence-corrected chi connectivity index (χ2v) is 6.90. The van der Waals surface area contributed by atoms with Gasteiger partial charge in [0.15, 0.2) is 5.69 Å². The lowest BCUT2D eigenvalue weighted by Gasteiger charge is -2.23. The number of hydrogen-bond acceptors (Lipinski definition) is 5. The zero-order chi connectivity index (χ0) is 17.0. The molecule has 1 fully saturated rings. The zero-order valence-corrected chi connectivity index (χ0v) is 13.9. The third-order valence-electron chi connectivity index (χ3n) is 3.98. The van der Waals surface area contributed by atoms with E-state index in [1.807, 2.05) is 17.5 Å². The number of alkyl halides is 3. The van der Waals surface area contributed by atoms with Crippen LogP contribution >= 0.6 is 11.3 Å². The lowest BCUT2D eigenvalue weighted by atomic mass is 9.96. The molecule has 8 heteroatoms. The first-order valence-electron chi connectivity index (χ1n) is 8.00. The standard InChI is InChI=1S/C16H19F3N4S/c17-16(18,19)13-9-14(20-10-12-7-4-8-24-12)23-15(22-13)21-11-5-2-1-3-6-11/h4,7-9,11H,1-3,5-6,10H2,(H2,20,21,22,23). The van der Waals surface area contributed by atoms with Crippen LogP contribution in [0, 0.1) is 0 Å². The summed E-state index contributed by atoms with van der Waals surface area (Å²) in [5, 5.41) is 7.95. The molecule has 2 aromatic heterocycles. The van der Waals surface area contributed by atoms with Crippen molar-refractivity contribution in [3.05, 3.63) is 34.2 Å². The first kappa shape index (κ1) is 17.0. The molecule has 0 aromatic carbocycles. The van der Waals surface area contributed by atoms with Gasteiger partial charge in [-0.3, -0.25) is 0 Å². The van der Waals surface area contributed by atoms with Gasteiger partial charge in [-0.15, -0.1) is 11.3 Å². The van der Waals surface area contributed by atoms with Gasteiger partial charge < -0.3 is 10.6 Å². The van der Waals surface area contributed by atoms with Crippen LogP contribution in [-0.4, -0.2) is 16.0 Å². The smallest absolute Gasteiger partial charge is 0.365 e. The molecule has 0 bridgehead atoms. The molecule has 2 N–H and O–H groups in total. The molecule has 0 amide bonds. The van der Waals surface area contributed by atoms with Crippen molar-refractivity contribution in [2.75, 3.05) is 10.6 Å². The fourth-order valence-electron chi connectivity index (χ4n) is 2.77. The van der Waals surface area contributed by atoms with Crippen molar-refractivity contribution >= 4 is 23.1 Å². The summed E-state index contributed by atoms with van der Waals surface area (Å²) < 4.78 is 39.3. The average Bonchev–Trinajstić information content (AvgIpc) is 3.06. The fourth-order valence-corrected chi connectivity index (χ4v) is 3.41. The molecule has 0 unspecified atom stereocenters. The van der Waals surface area contributed by atoms with Crippen molar-refractivity contribution in [3.63, 3.8) is 0 Å². The van der Waals surface area contributed by atoms with Crippen molar-refractivity contribution in [1.82, 2.24) is 9.97 Å². The average molecular weight is 356 g/mol. The Bertz CT molecular complexity index is 652. The molecule has 2 heterocycles. The van der Waals surface area contributed by atoms with Gasteiger partial charge in [-0.1, -0.05) is 25.3 Å². The Balaban J connectivity index is 1.77. The van der Waals surface area contributed by atoms with Crippen LogP contribution in [0.3, 0.4) is 0 Å². The van der Waals surface area contributed by atoms with Crippen LogP contribution in [-0.2, 0) is 12.7 Å². The largest absolute Gasteiger partial charge is 0.433 e. The van der Waals surface area contributed by atoms with E-state index >= 15 is 0 Å². The normalized spacial score (nSPS) is 16.1. The topological polar surface area (TPSA) is 49.8 Å². The molecular formula is C16H19F3N4S.